The van der Waals surface area contributed by atoms with Gasteiger partial charge in [0.25, 0.3) is 0 Å². The summed E-state index contributed by atoms with van der Waals surface area (Å²) in [6.07, 6.45) is 4.20. The SMILES string of the molecule is CCn1ccc[n+]1C(C)C. The Bertz CT molecular complexity index is 201. The zero-order valence-electron chi connectivity index (χ0n) is 6.91. The van der Waals surface area contributed by atoms with Crippen molar-refractivity contribution < 1.29 is 4.68 Å². The maximum atomic E-state index is 2.22. The molecule has 1 rings (SSSR count). The second-order valence-corrected chi connectivity index (χ2v) is 2.72. The lowest BCUT2D eigenvalue weighted by molar-refractivity contribution is -0.792. The van der Waals surface area contributed by atoms with Gasteiger partial charge in [0.1, 0.15) is 0 Å². The van der Waals surface area contributed by atoms with Gasteiger partial charge in [-0.15, -0.1) is 4.68 Å². The molecule has 56 valence electrons. The van der Waals surface area contributed by atoms with E-state index in [1.54, 1.807) is 0 Å². The average Bonchev–Trinajstić information content (AvgIpc) is 2.33. The molecule has 0 N–H and O–H groups in total. The van der Waals surface area contributed by atoms with Crippen molar-refractivity contribution in [3.63, 3.8) is 0 Å². The maximum absolute atomic E-state index is 2.22. The van der Waals surface area contributed by atoms with Gasteiger partial charge in [-0.05, 0) is 20.8 Å². The van der Waals surface area contributed by atoms with Crippen LogP contribution in [0.4, 0.5) is 0 Å². The van der Waals surface area contributed by atoms with Crippen LogP contribution in [-0.4, -0.2) is 4.68 Å². The summed E-state index contributed by atoms with van der Waals surface area (Å²) in [5.41, 5.74) is 0. The van der Waals surface area contributed by atoms with Crippen LogP contribution in [0.5, 0.6) is 0 Å². The predicted octanol–water partition coefficient (Wildman–Crippen LogP) is 1.38. The Morgan fingerprint density at radius 2 is 2.20 bits per heavy atom. The highest BCUT2D eigenvalue weighted by molar-refractivity contribution is 4.71. The molecule has 0 fully saturated rings. The summed E-state index contributed by atoms with van der Waals surface area (Å²) in [7, 11) is 0. The molecule has 1 heterocycles. The molecule has 0 aliphatic carbocycles. The van der Waals surface area contributed by atoms with Crippen LogP contribution in [0.1, 0.15) is 26.8 Å². The van der Waals surface area contributed by atoms with E-state index >= 15 is 0 Å². The molecule has 2 nitrogen and oxygen atoms in total. The van der Waals surface area contributed by atoms with E-state index in [4.69, 9.17) is 0 Å². The number of nitrogens with zero attached hydrogens (tertiary/aromatic N) is 2. The third-order valence-corrected chi connectivity index (χ3v) is 1.65. The highest BCUT2D eigenvalue weighted by Crippen LogP contribution is 1.91. The number of aryl methyl sites for hydroxylation is 1. The van der Waals surface area contributed by atoms with E-state index in [1.807, 2.05) is 0 Å². The van der Waals surface area contributed by atoms with Crippen LogP contribution in [0.3, 0.4) is 0 Å². The van der Waals surface area contributed by atoms with E-state index in [9.17, 15) is 0 Å². The third-order valence-electron chi connectivity index (χ3n) is 1.65. The number of rotatable bonds is 2. The van der Waals surface area contributed by atoms with E-state index in [0.717, 1.165) is 6.54 Å². The molecule has 0 aliphatic rings. The highest BCUT2D eigenvalue weighted by atomic mass is 15.4. The molecule has 0 radical (unpaired) electrons. The third kappa shape index (κ3) is 1.20. The van der Waals surface area contributed by atoms with Gasteiger partial charge in [-0.3, -0.25) is 0 Å². The van der Waals surface area contributed by atoms with E-state index < -0.39 is 0 Å². The number of aromatic nitrogens is 2. The molecule has 0 bridgehead atoms. The van der Waals surface area contributed by atoms with Crippen LogP contribution in [0.2, 0.25) is 0 Å². The van der Waals surface area contributed by atoms with Crippen LogP contribution in [0, 0.1) is 0 Å². The molecule has 0 aliphatic heterocycles. The Kier molecular flexibility index (Phi) is 2.10. The quantitative estimate of drug-likeness (QED) is 0.547. The Balaban J connectivity index is 2.90. The largest absolute Gasteiger partial charge is 0.195 e. The first kappa shape index (κ1) is 7.32. The Morgan fingerprint density at radius 1 is 1.50 bits per heavy atom. The van der Waals surface area contributed by atoms with Crippen molar-refractivity contribution in [1.29, 1.82) is 0 Å². The first-order valence-electron chi connectivity index (χ1n) is 3.82. The topological polar surface area (TPSA) is 8.81 Å². The van der Waals surface area contributed by atoms with Crippen molar-refractivity contribution in [3.8, 4) is 0 Å². The Labute approximate surface area is 62.1 Å². The van der Waals surface area contributed by atoms with Crippen molar-refractivity contribution in [3.05, 3.63) is 18.5 Å². The van der Waals surface area contributed by atoms with Gasteiger partial charge in [-0.25, -0.2) is 0 Å². The molecular formula is C8H15N2+. The van der Waals surface area contributed by atoms with Crippen LogP contribution in [0.25, 0.3) is 0 Å². The van der Waals surface area contributed by atoms with Gasteiger partial charge in [0.15, 0.2) is 12.2 Å². The minimum Gasteiger partial charge on any atom is -0.161 e. The van der Waals surface area contributed by atoms with Gasteiger partial charge >= 0.3 is 0 Å². The zero-order valence-corrected chi connectivity index (χ0v) is 6.91. The summed E-state index contributed by atoms with van der Waals surface area (Å²) < 4.78 is 4.42. The summed E-state index contributed by atoms with van der Waals surface area (Å²) >= 11 is 0. The second kappa shape index (κ2) is 2.86. The lowest BCUT2D eigenvalue weighted by Crippen LogP contribution is -2.43. The molecule has 1 aromatic rings. The molecule has 0 unspecified atom stereocenters. The van der Waals surface area contributed by atoms with Crippen LogP contribution < -0.4 is 4.68 Å². The van der Waals surface area contributed by atoms with Gasteiger partial charge in [-0.1, -0.05) is 0 Å². The van der Waals surface area contributed by atoms with Crippen molar-refractivity contribution in [2.45, 2.75) is 33.4 Å². The highest BCUT2D eigenvalue weighted by Gasteiger charge is 2.09. The molecule has 0 saturated carbocycles. The molecule has 0 aromatic carbocycles. The van der Waals surface area contributed by atoms with Gasteiger partial charge < -0.3 is 0 Å². The fourth-order valence-corrected chi connectivity index (χ4v) is 1.13. The standard InChI is InChI=1S/C8H15N2/c1-4-9-6-5-7-10(9)8(2)3/h5-8H,4H2,1-3H3/q+1. The number of hydrogen-bond acceptors (Lipinski definition) is 0. The lowest BCUT2D eigenvalue weighted by Gasteiger charge is -2.01. The summed E-state index contributed by atoms with van der Waals surface area (Å²) in [5, 5.41) is 0. The number of hydrogen-bond donors (Lipinski definition) is 0. The van der Waals surface area contributed by atoms with Crippen molar-refractivity contribution in [2.75, 3.05) is 0 Å². The fraction of sp³-hybridized carbons (Fsp3) is 0.625. The van der Waals surface area contributed by atoms with Crippen molar-refractivity contribution in [2.24, 2.45) is 0 Å². The smallest absolute Gasteiger partial charge is 0.161 e. The van der Waals surface area contributed by atoms with Crippen LogP contribution in [0.15, 0.2) is 18.5 Å². The van der Waals surface area contributed by atoms with E-state index in [1.165, 1.54) is 0 Å². The summed E-state index contributed by atoms with van der Waals surface area (Å²) in [6.45, 7) is 7.57. The Morgan fingerprint density at radius 3 is 2.60 bits per heavy atom. The maximum Gasteiger partial charge on any atom is 0.195 e. The monoisotopic (exact) mass is 139 g/mol. The average molecular weight is 139 g/mol. The molecule has 0 atom stereocenters. The van der Waals surface area contributed by atoms with E-state index in [0.29, 0.717) is 6.04 Å². The van der Waals surface area contributed by atoms with E-state index in [-0.39, 0.29) is 0 Å². The zero-order chi connectivity index (χ0) is 7.56. The molecule has 1 aromatic heterocycles. The molecule has 2 heteroatoms. The Hall–Kier alpha value is -0.790. The predicted molar refractivity (Wildman–Crippen MR) is 40.7 cm³/mol. The van der Waals surface area contributed by atoms with Crippen LogP contribution >= 0.6 is 0 Å². The molecule has 0 amide bonds. The minimum atomic E-state index is 0.565. The minimum absolute atomic E-state index is 0.565. The van der Waals surface area contributed by atoms with E-state index in [2.05, 4.69) is 48.6 Å². The second-order valence-electron chi connectivity index (χ2n) is 2.72. The lowest BCUT2D eigenvalue weighted by atomic mass is 10.4. The first-order valence-corrected chi connectivity index (χ1v) is 3.82. The van der Waals surface area contributed by atoms with Crippen molar-refractivity contribution in [1.82, 2.24) is 4.68 Å². The normalized spacial score (nSPS) is 10.8. The molecular weight excluding hydrogens is 124 g/mol. The summed E-state index contributed by atoms with van der Waals surface area (Å²) in [4.78, 5) is 0. The fourth-order valence-electron chi connectivity index (χ4n) is 1.13. The molecule has 0 saturated heterocycles. The van der Waals surface area contributed by atoms with Crippen molar-refractivity contribution >= 4 is 0 Å². The molecule has 0 spiro atoms. The summed E-state index contributed by atoms with van der Waals surface area (Å²) in [5.74, 6) is 0. The van der Waals surface area contributed by atoms with Gasteiger partial charge in [-0.2, -0.15) is 4.68 Å². The van der Waals surface area contributed by atoms with Gasteiger partial charge in [0.2, 0.25) is 0 Å². The van der Waals surface area contributed by atoms with Gasteiger partial charge in [0, 0.05) is 6.07 Å². The first-order chi connectivity index (χ1) is 4.75. The summed E-state index contributed by atoms with van der Waals surface area (Å²) in [6, 6.07) is 2.64. The van der Waals surface area contributed by atoms with Gasteiger partial charge in [0.05, 0.1) is 12.7 Å². The van der Waals surface area contributed by atoms with Crippen LogP contribution in [-0.2, 0) is 6.54 Å². The molecule has 10 heavy (non-hydrogen) atoms.